The Hall–Kier alpha value is -3.24. The van der Waals surface area contributed by atoms with Crippen molar-refractivity contribution in [3.63, 3.8) is 0 Å². The third-order valence-electron chi connectivity index (χ3n) is 4.75. The van der Waals surface area contributed by atoms with Crippen molar-refractivity contribution in [1.29, 1.82) is 0 Å². The topological polar surface area (TPSA) is 77.0 Å². The first-order chi connectivity index (χ1) is 16.1. The standard InChI is InChI=1S/C23H21BrFN5O2S/c1-2-31-20-12-15(11-18(24)21(20)32-14-17-5-3-4-6-19(17)25)13-27-30-22(28-29-23(30)33)16-7-9-26-10-8-16/h3-12,27H,2,13-14H2,1H3,(H,29,33). The van der Waals surface area contributed by atoms with E-state index in [1.165, 1.54) is 6.07 Å². The maximum atomic E-state index is 14.0. The number of aromatic nitrogens is 4. The molecule has 0 unspecified atom stereocenters. The van der Waals surface area contributed by atoms with Crippen LogP contribution in [0, 0.1) is 10.6 Å². The average molecular weight is 530 g/mol. The SMILES string of the molecule is CCOc1cc(CNn2c(-c3ccncc3)n[nH]c2=S)cc(Br)c1OCc1ccccc1F. The highest BCUT2D eigenvalue weighted by atomic mass is 79.9. The van der Waals surface area contributed by atoms with Crippen molar-refractivity contribution in [3.8, 4) is 22.9 Å². The number of hydrogen-bond acceptors (Lipinski definition) is 6. The Kier molecular flexibility index (Phi) is 7.36. The van der Waals surface area contributed by atoms with Gasteiger partial charge >= 0.3 is 0 Å². The second kappa shape index (κ2) is 10.6. The summed E-state index contributed by atoms with van der Waals surface area (Å²) in [5, 5.41) is 7.12. The molecule has 0 aliphatic carbocycles. The van der Waals surface area contributed by atoms with Crippen LogP contribution in [0.1, 0.15) is 18.1 Å². The van der Waals surface area contributed by atoms with Crippen LogP contribution in [-0.4, -0.2) is 26.5 Å². The summed E-state index contributed by atoms with van der Waals surface area (Å²) in [6.07, 6.45) is 3.39. The van der Waals surface area contributed by atoms with Crippen molar-refractivity contribution >= 4 is 28.1 Å². The number of aromatic amines is 1. The molecule has 0 saturated heterocycles. The Morgan fingerprint density at radius 2 is 1.94 bits per heavy atom. The highest BCUT2D eigenvalue weighted by Crippen LogP contribution is 2.37. The van der Waals surface area contributed by atoms with Crippen LogP contribution in [-0.2, 0) is 13.2 Å². The normalized spacial score (nSPS) is 10.8. The Morgan fingerprint density at radius 3 is 2.70 bits per heavy atom. The Morgan fingerprint density at radius 1 is 1.15 bits per heavy atom. The summed E-state index contributed by atoms with van der Waals surface area (Å²) in [5.41, 5.74) is 5.55. The van der Waals surface area contributed by atoms with E-state index < -0.39 is 0 Å². The van der Waals surface area contributed by atoms with Crippen molar-refractivity contribution < 1.29 is 13.9 Å². The molecule has 2 aromatic carbocycles. The Labute approximate surface area is 203 Å². The van der Waals surface area contributed by atoms with Crippen LogP contribution in [0.3, 0.4) is 0 Å². The molecule has 0 radical (unpaired) electrons. The van der Waals surface area contributed by atoms with E-state index in [-0.39, 0.29) is 12.4 Å². The quantitative estimate of drug-likeness (QED) is 0.274. The molecule has 0 atom stereocenters. The lowest BCUT2D eigenvalue weighted by atomic mass is 10.2. The van der Waals surface area contributed by atoms with Gasteiger partial charge in [-0.3, -0.25) is 4.98 Å². The highest BCUT2D eigenvalue weighted by Gasteiger charge is 2.15. The zero-order chi connectivity index (χ0) is 23.2. The average Bonchev–Trinajstić information content (AvgIpc) is 3.19. The summed E-state index contributed by atoms with van der Waals surface area (Å²) >= 11 is 8.94. The van der Waals surface area contributed by atoms with E-state index in [0.717, 1.165) is 11.1 Å². The zero-order valence-corrected chi connectivity index (χ0v) is 20.1. The van der Waals surface area contributed by atoms with Crippen molar-refractivity contribution in [2.45, 2.75) is 20.1 Å². The Balaban J connectivity index is 1.54. The molecule has 0 aliphatic rings. The first kappa shape index (κ1) is 22.9. The number of nitrogens with one attached hydrogen (secondary N) is 2. The first-order valence-corrected chi connectivity index (χ1v) is 11.4. The summed E-state index contributed by atoms with van der Waals surface area (Å²) in [4.78, 5) is 4.04. The van der Waals surface area contributed by atoms with Gasteiger partial charge in [0.1, 0.15) is 12.4 Å². The molecule has 4 aromatic rings. The van der Waals surface area contributed by atoms with Gasteiger partial charge in [-0.25, -0.2) is 14.2 Å². The summed E-state index contributed by atoms with van der Waals surface area (Å²) in [7, 11) is 0. The molecule has 33 heavy (non-hydrogen) atoms. The predicted molar refractivity (Wildman–Crippen MR) is 130 cm³/mol. The summed E-state index contributed by atoms with van der Waals surface area (Å²) in [6, 6.07) is 14.0. The summed E-state index contributed by atoms with van der Waals surface area (Å²) < 4.78 is 28.5. The second-order valence-corrected chi connectivity index (χ2v) is 8.22. The van der Waals surface area contributed by atoms with Crippen molar-refractivity contribution in [3.05, 3.63) is 87.1 Å². The largest absolute Gasteiger partial charge is 0.490 e. The molecule has 0 aliphatic heterocycles. The predicted octanol–water partition coefficient (Wildman–Crippen LogP) is 5.63. The number of nitrogens with zero attached hydrogens (tertiary/aromatic N) is 3. The van der Waals surface area contributed by atoms with E-state index in [9.17, 15) is 4.39 Å². The first-order valence-electron chi connectivity index (χ1n) is 10.2. The van der Waals surface area contributed by atoms with Gasteiger partial charge in [0.2, 0.25) is 4.77 Å². The lowest BCUT2D eigenvalue weighted by molar-refractivity contribution is 0.264. The molecule has 0 amide bonds. The van der Waals surface area contributed by atoms with Gasteiger partial charge in [-0.2, -0.15) is 5.10 Å². The number of halogens is 2. The van der Waals surface area contributed by atoms with Crippen LogP contribution in [0.25, 0.3) is 11.4 Å². The van der Waals surface area contributed by atoms with Gasteiger partial charge < -0.3 is 14.9 Å². The molecule has 0 saturated carbocycles. The summed E-state index contributed by atoms with van der Waals surface area (Å²) in [6.45, 7) is 2.88. The minimum Gasteiger partial charge on any atom is -0.490 e. The van der Waals surface area contributed by atoms with Gasteiger partial charge in [-0.15, -0.1) is 0 Å². The van der Waals surface area contributed by atoms with Crippen LogP contribution in [0.4, 0.5) is 4.39 Å². The van der Waals surface area contributed by atoms with Gasteiger partial charge in [0.15, 0.2) is 17.3 Å². The van der Waals surface area contributed by atoms with Crippen molar-refractivity contribution in [2.24, 2.45) is 0 Å². The fraction of sp³-hybridized carbons (Fsp3) is 0.174. The summed E-state index contributed by atoms with van der Waals surface area (Å²) in [5.74, 6) is 1.41. The molecule has 2 N–H and O–H groups in total. The van der Waals surface area contributed by atoms with E-state index in [0.29, 0.717) is 45.3 Å². The van der Waals surface area contributed by atoms with Gasteiger partial charge in [0, 0.05) is 23.5 Å². The molecular formula is C23H21BrFN5O2S. The number of ether oxygens (including phenoxy) is 2. The lowest BCUT2D eigenvalue weighted by Gasteiger charge is -2.17. The zero-order valence-electron chi connectivity index (χ0n) is 17.7. The van der Waals surface area contributed by atoms with E-state index in [2.05, 4.69) is 36.5 Å². The van der Waals surface area contributed by atoms with E-state index in [4.69, 9.17) is 21.7 Å². The van der Waals surface area contributed by atoms with Gasteiger partial charge in [0.05, 0.1) is 17.6 Å². The number of benzene rings is 2. The van der Waals surface area contributed by atoms with Gasteiger partial charge in [-0.1, -0.05) is 18.2 Å². The highest BCUT2D eigenvalue weighted by molar-refractivity contribution is 9.10. The molecule has 0 fully saturated rings. The number of pyridine rings is 1. The van der Waals surface area contributed by atoms with E-state index in [1.54, 1.807) is 35.3 Å². The molecule has 0 bridgehead atoms. The number of rotatable bonds is 9. The smallest absolute Gasteiger partial charge is 0.214 e. The monoisotopic (exact) mass is 529 g/mol. The third-order valence-corrected chi connectivity index (χ3v) is 5.61. The van der Waals surface area contributed by atoms with Crippen LogP contribution in [0.5, 0.6) is 11.5 Å². The lowest BCUT2D eigenvalue weighted by Crippen LogP contribution is -2.16. The van der Waals surface area contributed by atoms with Crippen LogP contribution in [0.2, 0.25) is 0 Å². The Bertz CT molecular complexity index is 1300. The molecule has 0 spiro atoms. The van der Waals surface area contributed by atoms with Gasteiger partial charge in [0.25, 0.3) is 0 Å². The van der Waals surface area contributed by atoms with Crippen molar-refractivity contribution in [1.82, 2.24) is 19.9 Å². The van der Waals surface area contributed by atoms with E-state index >= 15 is 0 Å². The van der Waals surface area contributed by atoms with E-state index in [1.807, 2.05) is 31.2 Å². The molecule has 7 nitrogen and oxygen atoms in total. The maximum absolute atomic E-state index is 14.0. The van der Waals surface area contributed by atoms with Gasteiger partial charge in [-0.05, 0) is 71.0 Å². The number of H-pyrrole nitrogens is 1. The number of hydrogen-bond donors (Lipinski definition) is 2. The van der Waals surface area contributed by atoms with Crippen LogP contribution in [0.15, 0.2) is 65.4 Å². The molecule has 2 aromatic heterocycles. The third kappa shape index (κ3) is 5.40. The minimum absolute atomic E-state index is 0.0857. The molecule has 10 heteroatoms. The van der Waals surface area contributed by atoms with Crippen LogP contribution < -0.4 is 14.9 Å². The second-order valence-electron chi connectivity index (χ2n) is 6.98. The molecular weight excluding hydrogens is 509 g/mol. The minimum atomic E-state index is -0.311. The molecule has 2 heterocycles. The fourth-order valence-electron chi connectivity index (χ4n) is 3.20. The molecule has 4 rings (SSSR count). The maximum Gasteiger partial charge on any atom is 0.214 e. The molecule has 170 valence electrons. The fourth-order valence-corrected chi connectivity index (χ4v) is 4.00. The van der Waals surface area contributed by atoms with Crippen molar-refractivity contribution in [2.75, 3.05) is 12.0 Å². The van der Waals surface area contributed by atoms with Crippen LogP contribution >= 0.6 is 28.1 Å².